The number of benzene rings is 1. The SMILES string of the molecule is N#Cc1ccc(Br)c(-n2ccnn2)c1. The summed E-state index contributed by atoms with van der Waals surface area (Å²) in [6.45, 7) is 0. The first-order valence-electron chi connectivity index (χ1n) is 3.87. The minimum absolute atomic E-state index is 0.596. The fourth-order valence-electron chi connectivity index (χ4n) is 1.09. The van der Waals surface area contributed by atoms with Crippen LogP contribution in [0.25, 0.3) is 5.69 Å². The lowest BCUT2D eigenvalue weighted by molar-refractivity contribution is 0.800. The van der Waals surface area contributed by atoms with Crippen molar-refractivity contribution in [3.8, 4) is 11.8 Å². The molecule has 0 bridgehead atoms. The van der Waals surface area contributed by atoms with Crippen LogP contribution >= 0.6 is 15.9 Å². The summed E-state index contributed by atoms with van der Waals surface area (Å²) in [5.41, 5.74) is 1.40. The zero-order valence-electron chi connectivity index (χ0n) is 7.05. The summed E-state index contributed by atoms with van der Waals surface area (Å²) < 4.78 is 2.48. The first-order valence-corrected chi connectivity index (χ1v) is 4.67. The minimum Gasteiger partial charge on any atom is -0.220 e. The van der Waals surface area contributed by atoms with Crippen molar-refractivity contribution in [2.75, 3.05) is 0 Å². The molecule has 0 saturated carbocycles. The number of rotatable bonds is 1. The molecule has 2 aromatic rings. The third kappa shape index (κ3) is 1.52. The molecule has 0 fully saturated rings. The first kappa shape index (κ1) is 8.91. The lowest BCUT2D eigenvalue weighted by atomic mass is 10.2. The second-order valence-electron chi connectivity index (χ2n) is 2.63. The molecular formula is C9H5BrN4. The van der Waals surface area contributed by atoms with Crippen LogP contribution in [0, 0.1) is 11.3 Å². The van der Waals surface area contributed by atoms with E-state index in [4.69, 9.17) is 5.26 Å². The number of hydrogen-bond acceptors (Lipinski definition) is 3. The highest BCUT2D eigenvalue weighted by Crippen LogP contribution is 2.20. The Balaban J connectivity index is 2.58. The second kappa shape index (κ2) is 3.60. The lowest BCUT2D eigenvalue weighted by Gasteiger charge is -2.02. The van der Waals surface area contributed by atoms with Crippen LogP contribution in [0.3, 0.4) is 0 Å². The molecule has 0 unspecified atom stereocenters. The van der Waals surface area contributed by atoms with Gasteiger partial charge < -0.3 is 0 Å². The molecule has 0 N–H and O–H groups in total. The van der Waals surface area contributed by atoms with Crippen LogP contribution < -0.4 is 0 Å². The summed E-state index contributed by atoms with van der Waals surface area (Å²) in [7, 11) is 0. The van der Waals surface area contributed by atoms with Crippen molar-refractivity contribution >= 4 is 15.9 Å². The minimum atomic E-state index is 0.596. The van der Waals surface area contributed by atoms with Gasteiger partial charge >= 0.3 is 0 Å². The Labute approximate surface area is 88.9 Å². The summed E-state index contributed by atoms with van der Waals surface area (Å²) in [6.07, 6.45) is 3.31. The van der Waals surface area contributed by atoms with Crippen molar-refractivity contribution in [1.29, 1.82) is 5.26 Å². The summed E-state index contributed by atoms with van der Waals surface area (Å²) in [6, 6.07) is 7.38. The van der Waals surface area contributed by atoms with Gasteiger partial charge in [0, 0.05) is 4.47 Å². The van der Waals surface area contributed by atoms with E-state index in [-0.39, 0.29) is 0 Å². The van der Waals surface area contributed by atoms with Crippen LogP contribution in [-0.4, -0.2) is 15.0 Å². The van der Waals surface area contributed by atoms with Crippen molar-refractivity contribution in [2.45, 2.75) is 0 Å². The van der Waals surface area contributed by atoms with E-state index < -0.39 is 0 Å². The number of halogens is 1. The predicted molar refractivity (Wildman–Crippen MR) is 53.8 cm³/mol. The standard InChI is InChI=1S/C9H5BrN4/c10-8-2-1-7(6-11)5-9(8)14-4-3-12-13-14/h1-5H. The zero-order valence-corrected chi connectivity index (χ0v) is 8.64. The molecule has 0 aliphatic heterocycles. The van der Waals surface area contributed by atoms with Gasteiger partial charge in [-0.25, -0.2) is 4.68 Å². The van der Waals surface area contributed by atoms with Crippen molar-refractivity contribution in [3.63, 3.8) is 0 Å². The molecule has 4 nitrogen and oxygen atoms in total. The number of nitriles is 1. The van der Waals surface area contributed by atoms with Gasteiger partial charge in [-0.2, -0.15) is 5.26 Å². The van der Waals surface area contributed by atoms with Gasteiger partial charge in [0.05, 0.1) is 29.7 Å². The van der Waals surface area contributed by atoms with Crippen molar-refractivity contribution in [3.05, 3.63) is 40.6 Å². The highest BCUT2D eigenvalue weighted by atomic mass is 79.9. The monoisotopic (exact) mass is 248 g/mol. The molecule has 0 atom stereocenters. The molecule has 0 amide bonds. The Kier molecular flexibility index (Phi) is 2.29. The maximum Gasteiger partial charge on any atom is 0.0992 e. The number of nitrogens with zero attached hydrogens (tertiary/aromatic N) is 4. The van der Waals surface area contributed by atoms with E-state index in [1.807, 2.05) is 6.07 Å². The van der Waals surface area contributed by atoms with Crippen LogP contribution in [0.2, 0.25) is 0 Å². The maximum absolute atomic E-state index is 8.74. The zero-order chi connectivity index (χ0) is 9.97. The van der Waals surface area contributed by atoms with Gasteiger partial charge in [-0.05, 0) is 34.1 Å². The highest BCUT2D eigenvalue weighted by Gasteiger charge is 2.03. The molecule has 0 radical (unpaired) electrons. The molecule has 0 spiro atoms. The van der Waals surface area contributed by atoms with Gasteiger partial charge in [-0.15, -0.1) is 5.10 Å². The lowest BCUT2D eigenvalue weighted by Crippen LogP contribution is -1.96. The van der Waals surface area contributed by atoms with Crippen LogP contribution in [0.15, 0.2) is 35.1 Å². The largest absolute Gasteiger partial charge is 0.220 e. The van der Waals surface area contributed by atoms with Gasteiger partial charge in [0.25, 0.3) is 0 Å². The Morgan fingerprint density at radius 1 is 1.43 bits per heavy atom. The van der Waals surface area contributed by atoms with Crippen molar-refractivity contribution in [1.82, 2.24) is 15.0 Å². The van der Waals surface area contributed by atoms with E-state index in [1.165, 1.54) is 0 Å². The Morgan fingerprint density at radius 2 is 2.29 bits per heavy atom. The normalized spacial score (nSPS) is 9.71. The van der Waals surface area contributed by atoms with Crippen LogP contribution in [0.1, 0.15) is 5.56 Å². The Bertz CT molecular complexity index is 484. The van der Waals surface area contributed by atoms with E-state index in [0.29, 0.717) is 5.56 Å². The molecule has 1 heterocycles. The summed E-state index contributed by atoms with van der Waals surface area (Å²) >= 11 is 3.38. The van der Waals surface area contributed by atoms with E-state index in [2.05, 4.69) is 32.3 Å². The molecule has 1 aromatic heterocycles. The molecule has 2 rings (SSSR count). The summed E-state index contributed by atoms with van der Waals surface area (Å²) in [5, 5.41) is 16.3. The fourth-order valence-corrected chi connectivity index (χ4v) is 1.52. The van der Waals surface area contributed by atoms with Crippen LogP contribution in [-0.2, 0) is 0 Å². The van der Waals surface area contributed by atoms with Crippen molar-refractivity contribution in [2.24, 2.45) is 0 Å². The maximum atomic E-state index is 8.74. The predicted octanol–water partition coefficient (Wildman–Crippen LogP) is 1.90. The van der Waals surface area contributed by atoms with Crippen LogP contribution in [0.4, 0.5) is 0 Å². The van der Waals surface area contributed by atoms with Gasteiger partial charge in [-0.1, -0.05) is 5.21 Å². The average Bonchev–Trinajstić information content (AvgIpc) is 2.71. The fraction of sp³-hybridized carbons (Fsp3) is 0. The highest BCUT2D eigenvalue weighted by molar-refractivity contribution is 9.10. The third-order valence-electron chi connectivity index (χ3n) is 1.74. The summed E-state index contributed by atoms with van der Waals surface area (Å²) in [4.78, 5) is 0. The number of aromatic nitrogens is 3. The molecule has 68 valence electrons. The smallest absolute Gasteiger partial charge is 0.0992 e. The Hall–Kier alpha value is -1.67. The molecule has 14 heavy (non-hydrogen) atoms. The van der Waals surface area contributed by atoms with E-state index in [1.54, 1.807) is 29.2 Å². The van der Waals surface area contributed by atoms with Crippen LogP contribution in [0.5, 0.6) is 0 Å². The average molecular weight is 249 g/mol. The quantitative estimate of drug-likeness (QED) is 0.775. The molecule has 0 aliphatic rings. The van der Waals surface area contributed by atoms with E-state index >= 15 is 0 Å². The molecule has 1 aromatic carbocycles. The Morgan fingerprint density at radius 3 is 2.93 bits per heavy atom. The van der Waals surface area contributed by atoms with Crippen molar-refractivity contribution < 1.29 is 0 Å². The molecule has 0 saturated heterocycles. The topological polar surface area (TPSA) is 54.5 Å². The molecule has 0 aliphatic carbocycles. The van der Waals surface area contributed by atoms with Gasteiger partial charge in [0.1, 0.15) is 0 Å². The third-order valence-corrected chi connectivity index (χ3v) is 2.42. The van der Waals surface area contributed by atoms with Gasteiger partial charge in [0.15, 0.2) is 0 Å². The van der Waals surface area contributed by atoms with Gasteiger partial charge in [0.2, 0.25) is 0 Å². The van der Waals surface area contributed by atoms with E-state index in [9.17, 15) is 0 Å². The second-order valence-corrected chi connectivity index (χ2v) is 3.48. The first-order chi connectivity index (χ1) is 6.81. The molecule has 5 heteroatoms. The molecular weight excluding hydrogens is 244 g/mol. The summed E-state index contributed by atoms with van der Waals surface area (Å²) in [5.74, 6) is 0. The van der Waals surface area contributed by atoms with E-state index in [0.717, 1.165) is 10.2 Å². The number of hydrogen-bond donors (Lipinski definition) is 0. The van der Waals surface area contributed by atoms with Gasteiger partial charge in [-0.3, -0.25) is 0 Å².